The Bertz CT molecular complexity index is 101. The molecule has 0 rings (SSSR count). The maximum Gasteiger partial charge on any atom is 0.384 e. The van der Waals surface area contributed by atoms with Crippen LogP contribution in [0.4, 0.5) is 0 Å². The molecule has 12 heavy (non-hydrogen) atoms. The van der Waals surface area contributed by atoms with E-state index < -0.39 is 9.28 Å². The summed E-state index contributed by atoms with van der Waals surface area (Å²) >= 11 is 0. The van der Waals surface area contributed by atoms with Gasteiger partial charge in [0.2, 0.25) is 0 Å². The van der Waals surface area contributed by atoms with Crippen molar-refractivity contribution in [3.8, 4) is 0 Å². The van der Waals surface area contributed by atoms with Gasteiger partial charge in [-0.3, -0.25) is 0 Å². The number of nitrogens with two attached hydrogens (primary N) is 2. The van der Waals surface area contributed by atoms with Gasteiger partial charge in [0, 0.05) is 26.8 Å². The minimum Gasteiger partial charge on any atom is -0.397 e. The molecule has 0 aliphatic carbocycles. The summed E-state index contributed by atoms with van der Waals surface area (Å²) in [4.78, 5) is 0. The highest BCUT2D eigenvalue weighted by atomic mass is 28.3. The summed E-state index contributed by atoms with van der Waals surface area (Å²) in [5, 5.41) is 0. The van der Waals surface area contributed by atoms with E-state index in [-0.39, 0.29) is 6.04 Å². The van der Waals surface area contributed by atoms with Gasteiger partial charge in [0.15, 0.2) is 0 Å². The highest BCUT2D eigenvalue weighted by molar-refractivity contribution is 6.44. The maximum atomic E-state index is 5.65. The molecule has 0 aliphatic heterocycles. The molecule has 4 N–H and O–H groups in total. The molecule has 1 radical (unpaired) electrons. The Labute approximate surface area is 76.1 Å². The van der Waals surface area contributed by atoms with Crippen LogP contribution in [0, 0.1) is 0 Å². The minimum absolute atomic E-state index is 0.127. The van der Waals surface area contributed by atoms with Gasteiger partial charge in [-0.25, -0.2) is 0 Å². The maximum absolute atomic E-state index is 5.65. The first kappa shape index (κ1) is 12.1. The zero-order valence-electron chi connectivity index (χ0n) is 7.88. The fraction of sp³-hybridized carbons (Fsp3) is 1.00. The van der Waals surface area contributed by atoms with Gasteiger partial charge in [0.1, 0.15) is 0 Å². The third kappa shape index (κ3) is 5.67. The zero-order chi connectivity index (χ0) is 9.40. The fourth-order valence-corrected chi connectivity index (χ4v) is 1.98. The first-order valence-corrected chi connectivity index (χ1v) is 5.66. The molecule has 0 heterocycles. The molecule has 0 saturated carbocycles. The van der Waals surface area contributed by atoms with Gasteiger partial charge in [-0.05, 0) is 18.9 Å². The standard InChI is InChI=1S/C7H19N2O2Si/c1-10-12(11-2)5-3-4-7(9)6-8/h7H,3-6,8-9H2,1-2H3. The van der Waals surface area contributed by atoms with Crippen LogP contribution in [-0.4, -0.2) is 36.1 Å². The van der Waals surface area contributed by atoms with Gasteiger partial charge in [-0.15, -0.1) is 0 Å². The molecule has 1 unspecified atom stereocenters. The van der Waals surface area contributed by atoms with Crippen LogP contribution in [0.2, 0.25) is 6.04 Å². The molecule has 0 aliphatic rings. The van der Waals surface area contributed by atoms with Crippen LogP contribution in [0.1, 0.15) is 12.8 Å². The van der Waals surface area contributed by atoms with E-state index in [0.29, 0.717) is 6.54 Å². The summed E-state index contributed by atoms with van der Waals surface area (Å²) in [6.45, 7) is 0.558. The molecule has 0 aromatic rings. The summed E-state index contributed by atoms with van der Waals surface area (Å²) in [6, 6.07) is 1.10. The van der Waals surface area contributed by atoms with Crippen LogP contribution < -0.4 is 11.5 Å². The smallest absolute Gasteiger partial charge is 0.384 e. The van der Waals surface area contributed by atoms with Gasteiger partial charge < -0.3 is 20.3 Å². The van der Waals surface area contributed by atoms with Crippen molar-refractivity contribution in [2.75, 3.05) is 20.8 Å². The first-order valence-electron chi connectivity index (χ1n) is 4.14. The molecule has 0 amide bonds. The van der Waals surface area contributed by atoms with E-state index in [0.717, 1.165) is 18.9 Å². The third-order valence-corrected chi connectivity index (χ3v) is 3.39. The van der Waals surface area contributed by atoms with E-state index in [2.05, 4.69) is 0 Å². The van der Waals surface area contributed by atoms with E-state index in [1.165, 1.54) is 0 Å². The Balaban J connectivity index is 3.28. The molecule has 0 spiro atoms. The Morgan fingerprint density at radius 3 is 2.33 bits per heavy atom. The summed E-state index contributed by atoms with van der Waals surface area (Å²) in [6.07, 6.45) is 1.99. The average Bonchev–Trinajstić information content (AvgIpc) is 2.12. The number of hydrogen-bond acceptors (Lipinski definition) is 4. The van der Waals surface area contributed by atoms with Gasteiger partial charge in [0.25, 0.3) is 0 Å². The summed E-state index contributed by atoms with van der Waals surface area (Å²) in [7, 11) is 2.34. The monoisotopic (exact) mass is 191 g/mol. The van der Waals surface area contributed by atoms with Crippen LogP contribution in [-0.2, 0) is 8.85 Å². The topological polar surface area (TPSA) is 70.5 Å². The lowest BCUT2D eigenvalue weighted by molar-refractivity contribution is 0.276. The van der Waals surface area contributed by atoms with Crippen LogP contribution in [0.5, 0.6) is 0 Å². The molecule has 0 bridgehead atoms. The lowest BCUT2D eigenvalue weighted by Crippen LogP contribution is -2.30. The second-order valence-electron chi connectivity index (χ2n) is 2.67. The summed E-state index contributed by atoms with van der Waals surface area (Å²) in [5.41, 5.74) is 11.0. The normalized spacial score (nSPS) is 13.8. The lowest BCUT2D eigenvalue weighted by Gasteiger charge is -2.11. The van der Waals surface area contributed by atoms with Gasteiger partial charge >= 0.3 is 9.28 Å². The Hall–Kier alpha value is 0.0569. The molecular weight excluding hydrogens is 172 g/mol. The van der Waals surface area contributed by atoms with Crippen LogP contribution in [0.15, 0.2) is 0 Å². The summed E-state index contributed by atoms with van der Waals surface area (Å²) < 4.78 is 10.2. The van der Waals surface area contributed by atoms with Crippen molar-refractivity contribution in [3.05, 3.63) is 0 Å². The van der Waals surface area contributed by atoms with Crippen molar-refractivity contribution in [2.45, 2.75) is 24.9 Å². The number of hydrogen-bond donors (Lipinski definition) is 2. The quantitative estimate of drug-likeness (QED) is 0.548. The molecule has 0 saturated heterocycles. The van der Waals surface area contributed by atoms with Gasteiger partial charge in [-0.1, -0.05) is 0 Å². The van der Waals surface area contributed by atoms with Crippen molar-refractivity contribution in [3.63, 3.8) is 0 Å². The van der Waals surface area contributed by atoms with Crippen LogP contribution >= 0.6 is 0 Å². The van der Waals surface area contributed by atoms with Gasteiger partial charge in [-0.2, -0.15) is 0 Å². The Morgan fingerprint density at radius 2 is 1.92 bits per heavy atom. The minimum atomic E-state index is -1.02. The predicted molar refractivity (Wildman–Crippen MR) is 50.8 cm³/mol. The molecule has 4 nitrogen and oxygen atoms in total. The van der Waals surface area contributed by atoms with Crippen molar-refractivity contribution in [2.24, 2.45) is 11.5 Å². The zero-order valence-corrected chi connectivity index (χ0v) is 8.88. The highest BCUT2D eigenvalue weighted by Gasteiger charge is 2.11. The third-order valence-electron chi connectivity index (χ3n) is 1.71. The second-order valence-corrected chi connectivity index (χ2v) is 4.73. The van der Waals surface area contributed by atoms with Crippen LogP contribution in [0.3, 0.4) is 0 Å². The molecule has 0 fully saturated rings. The van der Waals surface area contributed by atoms with Crippen molar-refractivity contribution in [1.29, 1.82) is 0 Å². The summed E-state index contributed by atoms with van der Waals surface area (Å²) in [5.74, 6) is 0. The largest absolute Gasteiger partial charge is 0.397 e. The molecule has 0 aromatic heterocycles. The van der Waals surface area contributed by atoms with Crippen LogP contribution in [0.25, 0.3) is 0 Å². The van der Waals surface area contributed by atoms with E-state index >= 15 is 0 Å². The Morgan fingerprint density at radius 1 is 1.33 bits per heavy atom. The molecule has 0 aromatic carbocycles. The fourth-order valence-electron chi connectivity index (χ4n) is 0.914. The van der Waals surface area contributed by atoms with Gasteiger partial charge in [0.05, 0.1) is 0 Å². The molecule has 73 valence electrons. The Kier molecular flexibility index (Phi) is 7.73. The van der Waals surface area contributed by atoms with E-state index in [1.807, 2.05) is 0 Å². The predicted octanol–water partition coefficient (Wildman–Crippen LogP) is -0.166. The molecule has 5 heteroatoms. The molecule has 1 atom stereocenters. The van der Waals surface area contributed by atoms with Crippen molar-refractivity contribution < 1.29 is 8.85 Å². The SMILES string of the molecule is CO[Si](CCCC(N)CN)OC. The second kappa shape index (κ2) is 7.69. The van der Waals surface area contributed by atoms with Crippen molar-refractivity contribution >= 4 is 9.28 Å². The molecular formula is C7H19N2O2Si. The number of rotatable bonds is 7. The van der Waals surface area contributed by atoms with E-state index in [9.17, 15) is 0 Å². The average molecular weight is 191 g/mol. The van der Waals surface area contributed by atoms with E-state index in [4.69, 9.17) is 20.3 Å². The lowest BCUT2D eigenvalue weighted by atomic mass is 10.2. The van der Waals surface area contributed by atoms with Crippen molar-refractivity contribution in [1.82, 2.24) is 0 Å². The van der Waals surface area contributed by atoms with E-state index in [1.54, 1.807) is 14.2 Å². The first-order chi connectivity index (χ1) is 5.74. The highest BCUT2D eigenvalue weighted by Crippen LogP contribution is 2.03.